The largest absolute Gasteiger partial charge is 0.380 e. The molecule has 2 aromatic rings. The molecule has 16 heavy (non-hydrogen) atoms. The number of methoxy groups -OCH3 is 1. The Morgan fingerprint density at radius 1 is 1.50 bits per heavy atom. The highest BCUT2D eigenvalue weighted by atomic mass is 16.5. The number of anilines is 1. The number of nitrogens with one attached hydrogen (secondary N) is 2. The summed E-state index contributed by atoms with van der Waals surface area (Å²) in [5, 5.41) is 3.79. The van der Waals surface area contributed by atoms with Gasteiger partial charge < -0.3 is 15.0 Å². The average Bonchev–Trinajstić information content (AvgIpc) is 2.61. The van der Waals surface area contributed by atoms with E-state index < -0.39 is 0 Å². The number of rotatable bonds is 3. The summed E-state index contributed by atoms with van der Waals surface area (Å²) < 4.78 is 5.08. The highest BCUT2D eigenvalue weighted by molar-refractivity contribution is 6.00. The van der Waals surface area contributed by atoms with E-state index in [0.717, 1.165) is 22.2 Å². The van der Waals surface area contributed by atoms with Crippen LogP contribution in [0.5, 0.6) is 0 Å². The minimum Gasteiger partial charge on any atom is -0.380 e. The lowest BCUT2D eigenvalue weighted by atomic mass is 10.1. The molecule has 0 saturated heterocycles. The molecule has 0 fully saturated rings. The van der Waals surface area contributed by atoms with Crippen LogP contribution >= 0.6 is 0 Å². The molecule has 0 atom stereocenters. The maximum Gasteiger partial charge on any atom is 0.221 e. The molecule has 1 aromatic heterocycles. The van der Waals surface area contributed by atoms with Crippen LogP contribution in [0.25, 0.3) is 10.9 Å². The number of carbonyl (C=O) groups is 1. The molecule has 0 bridgehead atoms. The zero-order valence-corrected chi connectivity index (χ0v) is 9.33. The van der Waals surface area contributed by atoms with Crippen molar-refractivity contribution < 1.29 is 9.53 Å². The van der Waals surface area contributed by atoms with E-state index in [1.54, 1.807) is 13.3 Å². The SMILES string of the molecule is COCc1ccc2[nH]cc(NC(C)=O)c2c1. The second-order valence-electron chi connectivity index (χ2n) is 3.70. The maximum absolute atomic E-state index is 11.0. The predicted octanol–water partition coefficient (Wildman–Crippen LogP) is 2.27. The number of benzene rings is 1. The van der Waals surface area contributed by atoms with Crippen molar-refractivity contribution >= 4 is 22.5 Å². The maximum atomic E-state index is 11.0. The van der Waals surface area contributed by atoms with Crippen molar-refractivity contribution in [3.05, 3.63) is 30.0 Å². The van der Waals surface area contributed by atoms with Gasteiger partial charge in [-0.05, 0) is 17.7 Å². The number of hydrogen-bond donors (Lipinski definition) is 2. The molecule has 0 spiro atoms. The monoisotopic (exact) mass is 218 g/mol. The Morgan fingerprint density at radius 2 is 2.31 bits per heavy atom. The summed E-state index contributed by atoms with van der Waals surface area (Å²) in [4.78, 5) is 14.1. The van der Waals surface area contributed by atoms with Gasteiger partial charge in [-0.25, -0.2) is 0 Å². The highest BCUT2D eigenvalue weighted by Crippen LogP contribution is 2.24. The summed E-state index contributed by atoms with van der Waals surface area (Å²) >= 11 is 0. The fourth-order valence-corrected chi connectivity index (χ4v) is 1.72. The van der Waals surface area contributed by atoms with Crippen LogP contribution in [-0.2, 0) is 16.1 Å². The number of H-pyrrole nitrogens is 1. The van der Waals surface area contributed by atoms with Gasteiger partial charge >= 0.3 is 0 Å². The van der Waals surface area contributed by atoms with Crippen molar-refractivity contribution in [1.29, 1.82) is 0 Å². The molecule has 0 saturated carbocycles. The number of aromatic amines is 1. The van der Waals surface area contributed by atoms with Crippen molar-refractivity contribution in [2.45, 2.75) is 13.5 Å². The molecule has 1 heterocycles. The van der Waals surface area contributed by atoms with Crippen LogP contribution < -0.4 is 5.32 Å². The van der Waals surface area contributed by atoms with Crippen molar-refractivity contribution in [2.24, 2.45) is 0 Å². The van der Waals surface area contributed by atoms with Gasteiger partial charge in [0.25, 0.3) is 0 Å². The summed E-state index contributed by atoms with van der Waals surface area (Å²) in [7, 11) is 1.66. The third-order valence-electron chi connectivity index (χ3n) is 2.37. The van der Waals surface area contributed by atoms with E-state index >= 15 is 0 Å². The lowest BCUT2D eigenvalue weighted by molar-refractivity contribution is -0.114. The number of carbonyl (C=O) groups excluding carboxylic acids is 1. The van der Waals surface area contributed by atoms with Gasteiger partial charge in [-0.2, -0.15) is 0 Å². The molecule has 0 aliphatic heterocycles. The number of aromatic nitrogens is 1. The van der Waals surface area contributed by atoms with Gasteiger partial charge in [0.15, 0.2) is 0 Å². The lowest BCUT2D eigenvalue weighted by Gasteiger charge is -2.02. The molecule has 2 N–H and O–H groups in total. The summed E-state index contributed by atoms with van der Waals surface area (Å²) in [6.45, 7) is 2.07. The summed E-state index contributed by atoms with van der Waals surface area (Å²) in [5.41, 5.74) is 2.89. The van der Waals surface area contributed by atoms with Gasteiger partial charge in [-0.15, -0.1) is 0 Å². The van der Waals surface area contributed by atoms with E-state index in [2.05, 4.69) is 10.3 Å². The summed E-state index contributed by atoms with van der Waals surface area (Å²) in [6.07, 6.45) is 1.79. The zero-order valence-electron chi connectivity index (χ0n) is 9.33. The fourth-order valence-electron chi connectivity index (χ4n) is 1.72. The summed E-state index contributed by atoms with van der Waals surface area (Å²) in [5.74, 6) is -0.0713. The first-order valence-electron chi connectivity index (χ1n) is 5.07. The van der Waals surface area contributed by atoms with Crippen LogP contribution in [0, 0.1) is 0 Å². The Kier molecular flexibility index (Phi) is 2.92. The van der Waals surface area contributed by atoms with Crippen LogP contribution in [0.2, 0.25) is 0 Å². The third-order valence-corrected chi connectivity index (χ3v) is 2.37. The van der Waals surface area contributed by atoms with Crippen molar-refractivity contribution in [1.82, 2.24) is 4.98 Å². The molecule has 2 rings (SSSR count). The van der Waals surface area contributed by atoms with Crippen LogP contribution in [-0.4, -0.2) is 18.0 Å². The molecule has 1 amide bonds. The first-order chi connectivity index (χ1) is 7.70. The van der Waals surface area contributed by atoms with Gasteiger partial charge in [-0.3, -0.25) is 4.79 Å². The third kappa shape index (κ3) is 2.06. The van der Waals surface area contributed by atoms with E-state index in [9.17, 15) is 4.79 Å². The molecule has 4 nitrogen and oxygen atoms in total. The Bertz CT molecular complexity index is 517. The van der Waals surface area contributed by atoms with Gasteiger partial charge in [-0.1, -0.05) is 6.07 Å². The lowest BCUT2D eigenvalue weighted by Crippen LogP contribution is -2.04. The molecule has 0 unspecified atom stereocenters. The standard InChI is InChI=1S/C12H14N2O2/c1-8(15)14-12-6-13-11-4-3-9(7-16-2)5-10(11)12/h3-6,13H,7H2,1-2H3,(H,14,15). The number of fused-ring (bicyclic) bond motifs is 1. The first-order valence-corrected chi connectivity index (χ1v) is 5.07. The van der Waals surface area contributed by atoms with Crippen LogP contribution in [0.1, 0.15) is 12.5 Å². The number of amides is 1. The number of hydrogen-bond acceptors (Lipinski definition) is 2. The smallest absolute Gasteiger partial charge is 0.221 e. The topological polar surface area (TPSA) is 54.1 Å². The predicted molar refractivity (Wildman–Crippen MR) is 63.3 cm³/mol. The second-order valence-corrected chi connectivity index (χ2v) is 3.70. The molecule has 1 aromatic carbocycles. The fraction of sp³-hybridized carbons (Fsp3) is 0.250. The van der Waals surface area contributed by atoms with Gasteiger partial charge in [0, 0.05) is 31.1 Å². The molecular weight excluding hydrogens is 204 g/mol. The van der Waals surface area contributed by atoms with Gasteiger partial charge in [0.05, 0.1) is 12.3 Å². The Morgan fingerprint density at radius 3 is 3.00 bits per heavy atom. The van der Waals surface area contributed by atoms with E-state index in [-0.39, 0.29) is 5.91 Å². The average molecular weight is 218 g/mol. The Balaban J connectivity index is 2.42. The molecule has 84 valence electrons. The van der Waals surface area contributed by atoms with Crippen molar-refractivity contribution in [2.75, 3.05) is 12.4 Å². The Labute approximate surface area is 93.6 Å². The van der Waals surface area contributed by atoms with Gasteiger partial charge in [0.2, 0.25) is 5.91 Å². The normalized spacial score (nSPS) is 10.6. The molecular formula is C12H14N2O2. The van der Waals surface area contributed by atoms with Gasteiger partial charge in [0.1, 0.15) is 0 Å². The van der Waals surface area contributed by atoms with Crippen LogP contribution in [0.3, 0.4) is 0 Å². The molecule has 0 aliphatic carbocycles. The summed E-state index contributed by atoms with van der Waals surface area (Å²) in [6, 6.07) is 6.00. The quantitative estimate of drug-likeness (QED) is 0.830. The molecule has 0 aliphatic rings. The van der Waals surface area contributed by atoms with E-state index in [1.807, 2.05) is 18.2 Å². The van der Waals surface area contributed by atoms with Crippen molar-refractivity contribution in [3.8, 4) is 0 Å². The first kappa shape index (κ1) is 10.7. The molecule has 4 heteroatoms. The van der Waals surface area contributed by atoms with Crippen LogP contribution in [0.4, 0.5) is 5.69 Å². The Hall–Kier alpha value is -1.81. The van der Waals surface area contributed by atoms with E-state index in [4.69, 9.17) is 4.74 Å². The minimum absolute atomic E-state index is 0.0713. The van der Waals surface area contributed by atoms with Crippen molar-refractivity contribution in [3.63, 3.8) is 0 Å². The molecule has 0 radical (unpaired) electrons. The number of ether oxygens (including phenoxy) is 1. The zero-order chi connectivity index (χ0) is 11.5. The van der Waals surface area contributed by atoms with Crippen LogP contribution in [0.15, 0.2) is 24.4 Å². The highest BCUT2D eigenvalue weighted by Gasteiger charge is 2.05. The second kappa shape index (κ2) is 4.37. The van der Waals surface area contributed by atoms with E-state index in [1.165, 1.54) is 6.92 Å². The van der Waals surface area contributed by atoms with E-state index in [0.29, 0.717) is 6.61 Å². The minimum atomic E-state index is -0.0713.